The first-order valence-corrected chi connectivity index (χ1v) is 4.90. The van der Waals surface area contributed by atoms with Crippen LogP contribution in [-0.2, 0) is 4.79 Å². The molecule has 0 aliphatic rings. The average Bonchev–Trinajstić information content (AvgIpc) is 1.82. The first kappa shape index (κ1) is 13.2. The van der Waals surface area contributed by atoms with Crippen molar-refractivity contribution in [2.24, 2.45) is 0 Å². The zero-order valence-corrected chi connectivity index (χ0v) is 9.87. The van der Waals surface area contributed by atoms with Gasteiger partial charge in [0.05, 0.1) is 5.03 Å². The molecule has 0 amide bonds. The zero-order chi connectivity index (χ0) is 9.94. The third kappa shape index (κ3) is 5.74. The Kier molecular flexibility index (Phi) is 5.63. The van der Waals surface area contributed by atoms with Gasteiger partial charge in [-0.15, -0.1) is 0 Å². The standard InChI is InChI=1S/C5H2Cl6O/c6-2(1-5(9,10)11)3(12)4(7)8/h1,4H/b2-1-. The Morgan fingerprint density at radius 3 is 1.92 bits per heavy atom. The Balaban J connectivity index is 4.50. The molecule has 0 radical (unpaired) electrons. The summed E-state index contributed by atoms with van der Waals surface area (Å²) in [5, 5.41) is -0.301. The Morgan fingerprint density at radius 1 is 1.25 bits per heavy atom. The van der Waals surface area contributed by atoms with Crippen LogP contribution in [0.2, 0.25) is 0 Å². The Labute approximate surface area is 99.5 Å². The third-order valence-electron chi connectivity index (χ3n) is 0.724. The summed E-state index contributed by atoms with van der Waals surface area (Å²) < 4.78 is -1.73. The summed E-state index contributed by atoms with van der Waals surface area (Å²) in [6.45, 7) is 0. The topological polar surface area (TPSA) is 17.1 Å². The van der Waals surface area contributed by atoms with Gasteiger partial charge in [-0.25, -0.2) is 0 Å². The average molecular weight is 291 g/mol. The molecule has 0 saturated carbocycles. The molecule has 70 valence electrons. The number of carbonyl (C=O) groups is 1. The van der Waals surface area contributed by atoms with Gasteiger partial charge in [0.15, 0.2) is 4.84 Å². The van der Waals surface area contributed by atoms with E-state index in [1.807, 2.05) is 0 Å². The van der Waals surface area contributed by atoms with Gasteiger partial charge in [0.25, 0.3) is 0 Å². The second-order valence-electron chi connectivity index (χ2n) is 1.70. The molecule has 0 rings (SSSR count). The Bertz CT molecular complexity index is 202. The van der Waals surface area contributed by atoms with E-state index in [2.05, 4.69) is 0 Å². The number of rotatable bonds is 2. The SMILES string of the molecule is O=C(/C(Cl)=C/C(Cl)(Cl)Cl)C(Cl)Cl. The second-order valence-corrected chi connectivity index (χ2v) is 5.57. The Morgan fingerprint density at radius 2 is 1.67 bits per heavy atom. The van der Waals surface area contributed by atoms with Crippen molar-refractivity contribution in [3.63, 3.8) is 0 Å². The van der Waals surface area contributed by atoms with Crippen LogP contribution in [0.25, 0.3) is 0 Å². The van der Waals surface area contributed by atoms with E-state index in [9.17, 15) is 4.79 Å². The maximum absolute atomic E-state index is 10.9. The van der Waals surface area contributed by atoms with E-state index in [-0.39, 0.29) is 5.03 Å². The molecule has 0 fully saturated rings. The number of ketones is 1. The van der Waals surface area contributed by atoms with Crippen molar-refractivity contribution in [2.45, 2.75) is 8.63 Å². The lowest BCUT2D eigenvalue weighted by Gasteiger charge is -2.05. The highest BCUT2D eigenvalue weighted by atomic mass is 35.6. The zero-order valence-electron chi connectivity index (χ0n) is 5.33. The van der Waals surface area contributed by atoms with Gasteiger partial charge in [-0.3, -0.25) is 4.79 Å². The summed E-state index contributed by atoms with van der Waals surface area (Å²) in [7, 11) is 0. The minimum absolute atomic E-state index is 0.301. The van der Waals surface area contributed by atoms with Crippen molar-refractivity contribution in [3.8, 4) is 0 Å². The normalized spacial score (nSPS) is 13.8. The molecule has 0 aromatic rings. The van der Waals surface area contributed by atoms with Crippen molar-refractivity contribution in [2.75, 3.05) is 0 Å². The number of carbonyl (C=O) groups excluding carboxylic acids is 1. The Hall–Kier alpha value is 1.15. The van der Waals surface area contributed by atoms with Gasteiger partial charge in [0.1, 0.15) is 0 Å². The van der Waals surface area contributed by atoms with E-state index >= 15 is 0 Å². The maximum atomic E-state index is 10.9. The molecule has 0 heterocycles. The molecule has 0 aliphatic heterocycles. The molecule has 0 spiro atoms. The first-order chi connectivity index (χ1) is 5.24. The van der Waals surface area contributed by atoms with Gasteiger partial charge in [-0.1, -0.05) is 69.6 Å². The summed E-state index contributed by atoms with van der Waals surface area (Å²) in [6, 6.07) is 0. The molecule has 0 aromatic carbocycles. The molecule has 0 atom stereocenters. The smallest absolute Gasteiger partial charge is 0.211 e. The molecular formula is C5H2Cl6O. The fourth-order valence-corrected chi connectivity index (χ4v) is 1.43. The van der Waals surface area contributed by atoms with E-state index in [1.54, 1.807) is 0 Å². The molecule has 0 N–H and O–H groups in total. The van der Waals surface area contributed by atoms with Crippen molar-refractivity contribution < 1.29 is 4.79 Å². The minimum Gasteiger partial charge on any atom is -0.290 e. The van der Waals surface area contributed by atoms with Crippen LogP contribution in [0, 0.1) is 0 Å². The fourth-order valence-electron chi connectivity index (χ4n) is 0.319. The van der Waals surface area contributed by atoms with E-state index in [4.69, 9.17) is 69.6 Å². The minimum atomic E-state index is -1.73. The molecular weight excluding hydrogens is 289 g/mol. The van der Waals surface area contributed by atoms with Gasteiger partial charge < -0.3 is 0 Å². The van der Waals surface area contributed by atoms with Gasteiger partial charge in [-0.2, -0.15) is 0 Å². The van der Waals surface area contributed by atoms with Gasteiger partial charge in [-0.05, 0) is 6.08 Å². The van der Waals surface area contributed by atoms with Crippen LogP contribution in [0.15, 0.2) is 11.1 Å². The lowest BCUT2D eigenvalue weighted by molar-refractivity contribution is -0.113. The number of hydrogen-bond acceptors (Lipinski definition) is 1. The lowest BCUT2D eigenvalue weighted by Crippen LogP contribution is -2.10. The van der Waals surface area contributed by atoms with Crippen molar-refractivity contribution >= 4 is 75.4 Å². The fraction of sp³-hybridized carbons (Fsp3) is 0.400. The van der Waals surface area contributed by atoms with Crippen LogP contribution in [0.4, 0.5) is 0 Å². The van der Waals surface area contributed by atoms with Crippen molar-refractivity contribution in [1.29, 1.82) is 0 Å². The lowest BCUT2D eigenvalue weighted by atomic mass is 10.4. The van der Waals surface area contributed by atoms with E-state index in [1.165, 1.54) is 0 Å². The number of allylic oxidation sites excluding steroid dienone is 2. The van der Waals surface area contributed by atoms with Gasteiger partial charge in [0.2, 0.25) is 9.58 Å². The van der Waals surface area contributed by atoms with E-state index in [0.717, 1.165) is 6.08 Å². The van der Waals surface area contributed by atoms with Crippen LogP contribution >= 0.6 is 69.6 Å². The molecule has 0 bridgehead atoms. The second kappa shape index (κ2) is 5.14. The molecule has 7 heteroatoms. The first-order valence-electron chi connectivity index (χ1n) is 2.51. The highest BCUT2D eigenvalue weighted by Crippen LogP contribution is 2.30. The number of halogens is 6. The number of alkyl halides is 5. The molecule has 0 aromatic heterocycles. The summed E-state index contributed by atoms with van der Waals surface area (Å²) in [6.07, 6.45) is 0.930. The van der Waals surface area contributed by atoms with Crippen LogP contribution in [0.1, 0.15) is 0 Å². The maximum Gasteiger partial charge on any atom is 0.211 e. The quantitative estimate of drug-likeness (QED) is 0.558. The van der Waals surface area contributed by atoms with E-state index in [0.29, 0.717) is 0 Å². The predicted molar refractivity (Wildman–Crippen MR) is 54.7 cm³/mol. The predicted octanol–water partition coefficient (Wildman–Crippen LogP) is 3.85. The summed E-state index contributed by atoms with van der Waals surface area (Å²) in [5.41, 5.74) is 0. The molecule has 12 heavy (non-hydrogen) atoms. The monoisotopic (exact) mass is 288 g/mol. The molecule has 0 saturated heterocycles. The van der Waals surface area contributed by atoms with Crippen LogP contribution in [0.3, 0.4) is 0 Å². The summed E-state index contributed by atoms with van der Waals surface area (Å²) in [4.78, 5) is 9.63. The summed E-state index contributed by atoms with van der Waals surface area (Å²) in [5.74, 6) is -0.702. The highest BCUT2D eigenvalue weighted by Gasteiger charge is 2.22. The van der Waals surface area contributed by atoms with Crippen molar-refractivity contribution in [1.82, 2.24) is 0 Å². The van der Waals surface area contributed by atoms with Gasteiger partial charge in [0, 0.05) is 0 Å². The van der Waals surface area contributed by atoms with Gasteiger partial charge >= 0.3 is 0 Å². The highest BCUT2D eigenvalue weighted by molar-refractivity contribution is 6.70. The van der Waals surface area contributed by atoms with Crippen LogP contribution in [0.5, 0.6) is 0 Å². The number of Topliss-reactive ketones (excluding diaryl/α,β-unsaturated/α-hetero) is 1. The largest absolute Gasteiger partial charge is 0.290 e. The number of hydrogen-bond donors (Lipinski definition) is 0. The molecule has 0 aliphatic carbocycles. The third-order valence-corrected chi connectivity index (χ3v) is 1.74. The van der Waals surface area contributed by atoms with Crippen molar-refractivity contribution in [3.05, 3.63) is 11.1 Å². The van der Waals surface area contributed by atoms with E-state index < -0.39 is 14.4 Å². The molecule has 0 unspecified atom stereocenters. The summed E-state index contributed by atoms with van der Waals surface area (Å²) >= 11 is 31.8. The molecule has 1 nitrogen and oxygen atoms in total. The van der Waals surface area contributed by atoms with Crippen LogP contribution < -0.4 is 0 Å². The van der Waals surface area contributed by atoms with Crippen LogP contribution in [-0.4, -0.2) is 14.4 Å².